The number of benzene rings is 2. The first-order valence-corrected chi connectivity index (χ1v) is 7.70. The van der Waals surface area contributed by atoms with Crippen molar-refractivity contribution in [3.8, 4) is 11.5 Å². The molecule has 1 heterocycles. The van der Waals surface area contributed by atoms with E-state index < -0.39 is 0 Å². The summed E-state index contributed by atoms with van der Waals surface area (Å²) in [5.74, 6) is 2.03. The molecular weight excluding hydrogens is 436 g/mol. The summed E-state index contributed by atoms with van der Waals surface area (Å²) < 4.78 is 24.0. The van der Waals surface area contributed by atoms with Gasteiger partial charge in [-0.2, -0.15) is 0 Å². The van der Waals surface area contributed by atoms with E-state index in [0.717, 1.165) is 28.6 Å². The summed E-state index contributed by atoms with van der Waals surface area (Å²) in [5, 5.41) is 3.30. The molecular formula is C18H21FIN3O2. The van der Waals surface area contributed by atoms with Crippen LogP contribution in [0, 0.1) is 5.82 Å². The van der Waals surface area contributed by atoms with Gasteiger partial charge in [0.2, 0.25) is 6.79 Å². The number of aliphatic imine (C=N–C) groups is 1. The van der Waals surface area contributed by atoms with Crippen LogP contribution in [0.5, 0.6) is 11.5 Å². The van der Waals surface area contributed by atoms with Crippen LogP contribution in [-0.2, 0) is 13.1 Å². The Morgan fingerprint density at radius 2 is 1.96 bits per heavy atom. The molecule has 7 heteroatoms. The molecule has 0 atom stereocenters. The molecule has 0 bridgehead atoms. The monoisotopic (exact) mass is 457 g/mol. The molecule has 0 saturated heterocycles. The summed E-state index contributed by atoms with van der Waals surface area (Å²) in [6.45, 7) is 1.44. The van der Waals surface area contributed by atoms with Crippen LogP contribution in [-0.4, -0.2) is 31.7 Å². The molecule has 1 aliphatic heterocycles. The van der Waals surface area contributed by atoms with E-state index in [9.17, 15) is 4.39 Å². The molecule has 0 radical (unpaired) electrons. The van der Waals surface area contributed by atoms with Crippen LogP contribution >= 0.6 is 24.0 Å². The minimum absolute atomic E-state index is 0. The standard InChI is InChI=1S/C18H20FN3O2.HI/c1-20-18(22(2)11-14-4-3-5-15(19)8-14)21-10-13-6-7-16-17(9-13)24-12-23-16;/h3-9H,10-12H2,1-2H3,(H,20,21);1H. The number of hydrogen-bond donors (Lipinski definition) is 1. The van der Waals surface area contributed by atoms with Crippen LogP contribution in [0.4, 0.5) is 4.39 Å². The van der Waals surface area contributed by atoms with Crippen molar-refractivity contribution in [1.29, 1.82) is 0 Å². The maximum atomic E-state index is 13.3. The third-order valence-corrected chi connectivity index (χ3v) is 3.77. The zero-order valence-corrected chi connectivity index (χ0v) is 16.5. The van der Waals surface area contributed by atoms with E-state index in [2.05, 4.69) is 10.3 Å². The normalized spacial score (nSPS) is 12.5. The van der Waals surface area contributed by atoms with Crippen molar-refractivity contribution in [2.75, 3.05) is 20.9 Å². The van der Waals surface area contributed by atoms with Gasteiger partial charge in [0.15, 0.2) is 17.5 Å². The van der Waals surface area contributed by atoms with Crippen LogP contribution in [0.3, 0.4) is 0 Å². The highest BCUT2D eigenvalue weighted by molar-refractivity contribution is 14.0. The fourth-order valence-electron chi connectivity index (χ4n) is 2.60. The molecule has 0 spiro atoms. The van der Waals surface area contributed by atoms with E-state index >= 15 is 0 Å². The van der Waals surface area contributed by atoms with E-state index in [1.807, 2.05) is 36.2 Å². The van der Waals surface area contributed by atoms with Gasteiger partial charge in [-0.3, -0.25) is 4.99 Å². The third kappa shape index (κ3) is 4.97. The van der Waals surface area contributed by atoms with E-state index in [-0.39, 0.29) is 36.6 Å². The quantitative estimate of drug-likeness (QED) is 0.435. The number of nitrogens with one attached hydrogen (secondary N) is 1. The minimum atomic E-state index is -0.232. The van der Waals surface area contributed by atoms with Gasteiger partial charge in [-0.15, -0.1) is 24.0 Å². The largest absolute Gasteiger partial charge is 0.454 e. The topological polar surface area (TPSA) is 46.1 Å². The highest BCUT2D eigenvalue weighted by atomic mass is 127. The molecule has 0 aromatic heterocycles. The van der Waals surface area contributed by atoms with Crippen LogP contribution in [0.1, 0.15) is 11.1 Å². The second-order valence-corrected chi connectivity index (χ2v) is 5.57. The maximum Gasteiger partial charge on any atom is 0.231 e. The van der Waals surface area contributed by atoms with Gasteiger partial charge < -0.3 is 19.7 Å². The SMILES string of the molecule is CN=C(NCc1ccc2c(c1)OCO2)N(C)Cc1cccc(F)c1.I. The second kappa shape index (κ2) is 8.89. The lowest BCUT2D eigenvalue weighted by molar-refractivity contribution is 0.174. The summed E-state index contributed by atoms with van der Waals surface area (Å²) in [6, 6.07) is 12.4. The van der Waals surface area contributed by atoms with Crippen molar-refractivity contribution in [1.82, 2.24) is 10.2 Å². The summed E-state index contributed by atoms with van der Waals surface area (Å²) in [5.41, 5.74) is 1.96. The molecule has 0 unspecified atom stereocenters. The van der Waals surface area contributed by atoms with E-state index in [4.69, 9.17) is 9.47 Å². The van der Waals surface area contributed by atoms with Crippen molar-refractivity contribution in [3.05, 3.63) is 59.4 Å². The first-order chi connectivity index (χ1) is 11.7. The number of ether oxygens (including phenoxy) is 2. The molecule has 2 aromatic rings. The molecule has 1 aliphatic rings. The predicted molar refractivity (Wildman–Crippen MR) is 106 cm³/mol. The van der Waals surface area contributed by atoms with Gasteiger partial charge in [-0.05, 0) is 35.4 Å². The van der Waals surface area contributed by atoms with Gasteiger partial charge in [0.25, 0.3) is 0 Å². The van der Waals surface area contributed by atoms with Crippen LogP contribution in [0.2, 0.25) is 0 Å². The van der Waals surface area contributed by atoms with Crippen LogP contribution in [0.15, 0.2) is 47.5 Å². The lowest BCUT2D eigenvalue weighted by Crippen LogP contribution is -2.38. The molecule has 25 heavy (non-hydrogen) atoms. The van der Waals surface area contributed by atoms with Crippen molar-refractivity contribution in [2.24, 2.45) is 4.99 Å². The summed E-state index contributed by atoms with van der Waals surface area (Å²) in [4.78, 5) is 6.22. The maximum absolute atomic E-state index is 13.3. The Kier molecular flexibility index (Phi) is 6.86. The molecule has 134 valence electrons. The molecule has 3 rings (SSSR count). The van der Waals surface area contributed by atoms with Crippen LogP contribution in [0.25, 0.3) is 0 Å². The highest BCUT2D eigenvalue weighted by Gasteiger charge is 2.13. The first kappa shape index (κ1) is 19.3. The molecule has 0 amide bonds. The van der Waals surface area contributed by atoms with E-state index in [1.165, 1.54) is 12.1 Å². The number of nitrogens with zero attached hydrogens (tertiary/aromatic N) is 2. The lowest BCUT2D eigenvalue weighted by Gasteiger charge is -2.22. The fraction of sp³-hybridized carbons (Fsp3) is 0.278. The number of halogens is 2. The summed E-state index contributed by atoms with van der Waals surface area (Å²) in [7, 11) is 3.64. The zero-order chi connectivity index (χ0) is 16.9. The van der Waals surface area contributed by atoms with Crippen molar-refractivity contribution < 1.29 is 13.9 Å². The van der Waals surface area contributed by atoms with Gasteiger partial charge in [0.05, 0.1) is 0 Å². The predicted octanol–water partition coefficient (Wildman–Crippen LogP) is 3.38. The molecule has 0 aliphatic carbocycles. The first-order valence-electron chi connectivity index (χ1n) is 7.70. The average molecular weight is 457 g/mol. The second-order valence-electron chi connectivity index (χ2n) is 5.57. The van der Waals surface area contributed by atoms with Gasteiger partial charge in [-0.1, -0.05) is 18.2 Å². The van der Waals surface area contributed by atoms with E-state index in [0.29, 0.717) is 13.1 Å². The number of guanidine groups is 1. The molecule has 0 fully saturated rings. The Labute approximate surface area is 163 Å². The van der Waals surface area contributed by atoms with Gasteiger partial charge in [0, 0.05) is 27.2 Å². The van der Waals surface area contributed by atoms with Crippen molar-refractivity contribution in [3.63, 3.8) is 0 Å². The van der Waals surface area contributed by atoms with Gasteiger partial charge >= 0.3 is 0 Å². The van der Waals surface area contributed by atoms with Gasteiger partial charge in [0.1, 0.15) is 5.82 Å². The van der Waals surface area contributed by atoms with Crippen molar-refractivity contribution >= 4 is 29.9 Å². The van der Waals surface area contributed by atoms with Gasteiger partial charge in [-0.25, -0.2) is 4.39 Å². The number of rotatable bonds is 4. The molecule has 1 N–H and O–H groups in total. The van der Waals surface area contributed by atoms with Crippen LogP contribution < -0.4 is 14.8 Å². The Morgan fingerprint density at radius 1 is 1.16 bits per heavy atom. The zero-order valence-electron chi connectivity index (χ0n) is 14.2. The number of hydrogen-bond acceptors (Lipinski definition) is 3. The summed E-state index contributed by atoms with van der Waals surface area (Å²) >= 11 is 0. The molecule has 5 nitrogen and oxygen atoms in total. The Morgan fingerprint density at radius 3 is 2.72 bits per heavy atom. The minimum Gasteiger partial charge on any atom is -0.454 e. The summed E-state index contributed by atoms with van der Waals surface area (Å²) in [6.07, 6.45) is 0. The molecule has 2 aromatic carbocycles. The van der Waals surface area contributed by atoms with Crippen molar-refractivity contribution in [2.45, 2.75) is 13.1 Å². The molecule has 0 saturated carbocycles. The fourth-order valence-corrected chi connectivity index (χ4v) is 2.60. The third-order valence-electron chi connectivity index (χ3n) is 3.77. The Hall–Kier alpha value is -2.03. The Balaban J connectivity index is 0.00000225. The lowest BCUT2D eigenvalue weighted by atomic mass is 10.2. The average Bonchev–Trinajstić information content (AvgIpc) is 3.03. The Bertz CT molecular complexity index is 755. The smallest absolute Gasteiger partial charge is 0.231 e. The highest BCUT2D eigenvalue weighted by Crippen LogP contribution is 2.32. The number of fused-ring (bicyclic) bond motifs is 1. The van der Waals surface area contributed by atoms with E-state index in [1.54, 1.807) is 13.1 Å².